The quantitative estimate of drug-likeness (QED) is 0.884. The van der Waals surface area contributed by atoms with E-state index in [1.54, 1.807) is 45.2 Å². The van der Waals surface area contributed by atoms with Crippen molar-refractivity contribution in [2.75, 3.05) is 13.3 Å². The zero-order valence-electron chi connectivity index (χ0n) is 12.7. The minimum atomic E-state index is -3.18. The summed E-state index contributed by atoms with van der Waals surface area (Å²) in [4.78, 5) is 13.8. The van der Waals surface area contributed by atoms with Gasteiger partial charge in [-0.3, -0.25) is 4.79 Å². The molecule has 0 aliphatic heterocycles. The van der Waals surface area contributed by atoms with Gasteiger partial charge in [0.25, 0.3) is 5.91 Å². The van der Waals surface area contributed by atoms with Crippen molar-refractivity contribution in [3.8, 4) is 0 Å². The SMILES string of the molecule is CC(C(C)S(C)(=O)=O)N(C)C(=O)c1ccc(CN)cc1.Cl. The second-order valence-corrected chi connectivity index (χ2v) is 7.49. The van der Waals surface area contributed by atoms with Gasteiger partial charge < -0.3 is 10.6 Å². The number of amides is 1. The molecule has 0 spiro atoms. The Bertz CT molecular complexity index is 572. The first-order chi connectivity index (χ1) is 9.18. The van der Waals surface area contributed by atoms with Gasteiger partial charge in [-0.05, 0) is 31.5 Å². The highest BCUT2D eigenvalue weighted by Gasteiger charge is 2.28. The van der Waals surface area contributed by atoms with Gasteiger partial charge in [0, 0.05) is 31.5 Å². The lowest BCUT2D eigenvalue weighted by molar-refractivity contribution is 0.0743. The number of carbonyl (C=O) groups excluding carboxylic acids is 1. The summed E-state index contributed by atoms with van der Waals surface area (Å²) in [6.45, 7) is 3.77. The van der Waals surface area contributed by atoms with Crippen LogP contribution in [0.1, 0.15) is 29.8 Å². The summed E-state index contributed by atoms with van der Waals surface area (Å²) < 4.78 is 23.1. The minimum absolute atomic E-state index is 0. The van der Waals surface area contributed by atoms with Gasteiger partial charge in [0.05, 0.1) is 5.25 Å². The predicted molar refractivity (Wildman–Crippen MR) is 87.4 cm³/mol. The standard InChI is InChI=1S/C14H22N2O3S.ClH/c1-10(11(2)20(4,18)19)16(3)14(17)13-7-5-12(9-15)6-8-13;/h5-8,10-11H,9,15H2,1-4H3;1H. The Hall–Kier alpha value is -1.11. The smallest absolute Gasteiger partial charge is 0.253 e. The second-order valence-electron chi connectivity index (χ2n) is 5.09. The van der Waals surface area contributed by atoms with Gasteiger partial charge in [-0.2, -0.15) is 0 Å². The predicted octanol–water partition coefficient (Wildman–Crippen LogP) is 1.46. The number of nitrogens with zero attached hydrogens (tertiary/aromatic N) is 1. The Kier molecular flexibility index (Phi) is 7.36. The first kappa shape index (κ1) is 19.9. The zero-order chi connectivity index (χ0) is 15.5. The molecular formula is C14H23ClN2O3S. The zero-order valence-corrected chi connectivity index (χ0v) is 14.4. The molecule has 0 fully saturated rings. The van der Waals surface area contributed by atoms with Crippen LogP contribution in [0.15, 0.2) is 24.3 Å². The largest absolute Gasteiger partial charge is 0.338 e. The molecule has 0 saturated carbocycles. The molecule has 1 aromatic carbocycles. The Morgan fingerprint density at radius 1 is 1.24 bits per heavy atom. The summed E-state index contributed by atoms with van der Waals surface area (Å²) in [6.07, 6.45) is 1.18. The van der Waals surface area contributed by atoms with Crippen molar-refractivity contribution in [3.63, 3.8) is 0 Å². The molecule has 0 bridgehead atoms. The van der Waals surface area contributed by atoms with E-state index in [2.05, 4.69) is 0 Å². The van der Waals surface area contributed by atoms with E-state index in [0.29, 0.717) is 12.1 Å². The summed E-state index contributed by atoms with van der Waals surface area (Å²) >= 11 is 0. The third kappa shape index (κ3) is 4.98. The Morgan fingerprint density at radius 2 is 1.71 bits per heavy atom. The summed E-state index contributed by atoms with van der Waals surface area (Å²) in [5.41, 5.74) is 6.98. The van der Waals surface area contributed by atoms with E-state index >= 15 is 0 Å². The van der Waals surface area contributed by atoms with Crippen molar-refractivity contribution in [1.82, 2.24) is 4.90 Å². The molecule has 2 atom stereocenters. The van der Waals surface area contributed by atoms with Gasteiger partial charge in [-0.1, -0.05) is 12.1 Å². The fraction of sp³-hybridized carbons (Fsp3) is 0.500. The molecule has 0 aliphatic carbocycles. The number of rotatable bonds is 5. The molecular weight excluding hydrogens is 312 g/mol. The molecule has 0 radical (unpaired) electrons. The second kappa shape index (κ2) is 7.77. The Labute approximate surface area is 132 Å². The van der Waals surface area contributed by atoms with Crippen LogP contribution < -0.4 is 5.73 Å². The summed E-state index contributed by atoms with van der Waals surface area (Å²) in [7, 11) is -1.57. The maximum absolute atomic E-state index is 12.3. The molecule has 1 aromatic rings. The fourth-order valence-corrected chi connectivity index (χ4v) is 2.74. The van der Waals surface area contributed by atoms with Gasteiger partial charge in [0.15, 0.2) is 9.84 Å². The maximum atomic E-state index is 12.3. The topological polar surface area (TPSA) is 80.5 Å². The van der Waals surface area contributed by atoms with Crippen molar-refractivity contribution in [2.24, 2.45) is 5.73 Å². The third-order valence-corrected chi connectivity index (χ3v) is 5.47. The molecule has 5 nitrogen and oxygen atoms in total. The van der Waals surface area contributed by atoms with Gasteiger partial charge in [-0.15, -0.1) is 12.4 Å². The molecule has 1 amide bonds. The summed E-state index contributed by atoms with van der Waals surface area (Å²) in [5, 5.41) is -0.611. The van der Waals surface area contributed by atoms with E-state index in [9.17, 15) is 13.2 Å². The number of hydrogen-bond donors (Lipinski definition) is 1. The van der Waals surface area contributed by atoms with Gasteiger partial charge in [0.2, 0.25) is 0 Å². The Morgan fingerprint density at radius 3 is 2.10 bits per heavy atom. The number of sulfone groups is 1. The molecule has 2 N–H and O–H groups in total. The molecule has 0 aromatic heterocycles. The molecule has 120 valence electrons. The number of carbonyl (C=O) groups is 1. The van der Waals surface area contributed by atoms with Crippen LogP contribution in [0.5, 0.6) is 0 Å². The molecule has 2 unspecified atom stereocenters. The van der Waals surface area contributed by atoms with E-state index in [1.807, 2.05) is 0 Å². The fourth-order valence-electron chi connectivity index (χ4n) is 1.84. The van der Waals surface area contributed by atoms with E-state index in [4.69, 9.17) is 5.73 Å². The van der Waals surface area contributed by atoms with Crippen LogP contribution in [-0.4, -0.2) is 43.8 Å². The van der Waals surface area contributed by atoms with Crippen LogP contribution in [0.2, 0.25) is 0 Å². The molecule has 0 aliphatic rings. The third-order valence-electron chi connectivity index (χ3n) is 3.72. The van der Waals surface area contributed by atoms with Crippen LogP contribution in [-0.2, 0) is 16.4 Å². The first-order valence-electron chi connectivity index (χ1n) is 6.43. The van der Waals surface area contributed by atoms with Crippen LogP contribution in [0.25, 0.3) is 0 Å². The molecule has 21 heavy (non-hydrogen) atoms. The monoisotopic (exact) mass is 334 g/mol. The maximum Gasteiger partial charge on any atom is 0.253 e. The van der Waals surface area contributed by atoms with Crippen molar-refractivity contribution in [3.05, 3.63) is 35.4 Å². The van der Waals surface area contributed by atoms with Gasteiger partial charge >= 0.3 is 0 Å². The van der Waals surface area contributed by atoms with Crippen LogP contribution in [0.3, 0.4) is 0 Å². The van der Waals surface area contributed by atoms with E-state index in [0.717, 1.165) is 5.56 Å². The summed E-state index contributed by atoms with van der Waals surface area (Å²) in [6, 6.07) is 6.61. The van der Waals surface area contributed by atoms with Gasteiger partial charge in [0.1, 0.15) is 0 Å². The minimum Gasteiger partial charge on any atom is -0.338 e. The van der Waals surface area contributed by atoms with E-state index in [-0.39, 0.29) is 18.3 Å². The average molecular weight is 335 g/mol. The number of hydrogen-bond acceptors (Lipinski definition) is 4. The average Bonchev–Trinajstić information content (AvgIpc) is 2.43. The molecule has 0 heterocycles. The first-order valence-corrected chi connectivity index (χ1v) is 8.39. The summed E-state index contributed by atoms with van der Waals surface area (Å²) in [5.74, 6) is -0.198. The Balaban J connectivity index is 0.00000400. The highest BCUT2D eigenvalue weighted by molar-refractivity contribution is 7.91. The lowest BCUT2D eigenvalue weighted by Gasteiger charge is -2.29. The number of nitrogens with two attached hydrogens (primary N) is 1. The van der Waals surface area contributed by atoms with E-state index in [1.165, 1.54) is 11.2 Å². The van der Waals surface area contributed by atoms with E-state index < -0.39 is 21.1 Å². The highest BCUT2D eigenvalue weighted by Crippen LogP contribution is 2.14. The van der Waals surface area contributed by atoms with Crippen molar-refractivity contribution < 1.29 is 13.2 Å². The van der Waals surface area contributed by atoms with Crippen LogP contribution in [0.4, 0.5) is 0 Å². The van der Waals surface area contributed by atoms with Gasteiger partial charge in [-0.25, -0.2) is 8.42 Å². The lowest BCUT2D eigenvalue weighted by Crippen LogP contribution is -2.44. The van der Waals surface area contributed by atoms with Crippen molar-refractivity contribution >= 4 is 28.2 Å². The van der Waals surface area contributed by atoms with Crippen LogP contribution >= 0.6 is 12.4 Å². The lowest BCUT2D eigenvalue weighted by atomic mass is 10.1. The highest BCUT2D eigenvalue weighted by atomic mass is 35.5. The number of halogens is 1. The molecule has 1 rings (SSSR count). The normalized spacial score (nSPS) is 14.0. The molecule has 0 saturated heterocycles. The number of benzene rings is 1. The molecule has 7 heteroatoms. The van der Waals surface area contributed by atoms with Crippen molar-refractivity contribution in [2.45, 2.75) is 31.7 Å². The van der Waals surface area contributed by atoms with Crippen molar-refractivity contribution in [1.29, 1.82) is 0 Å². The van der Waals surface area contributed by atoms with Crippen LogP contribution in [0, 0.1) is 0 Å².